The van der Waals surface area contributed by atoms with Crippen LogP contribution in [-0.2, 0) is 17.6 Å². The molecule has 1 heterocycles. The third-order valence-electron chi connectivity index (χ3n) is 4.15. The van der Waals surface area contributed by atoms with E-state index in [-0.39, 0.29) is 6.10 Å². The molecule has 21 heavy (non-hydrogen) atoms. The van der Waals surface area contributed by atoms with Crippen molar-refractivity contribution in [2.24, 2.45) is 0 Å². The maximum absolute atomic E-state index is 10.8. The lowest BCUT2D eigenvalue weighted by molar-refractivity contribution is -0.0364. The average molecular weight is 282 g/mol. The van der Waals surface area contributed by atoms with E-state index in [0.717, 1.165) is 18.6 Å². The van der Waals surface area contributed by atoms with Gasteiger partial charge in [0.2, 0.25) is 0 Å². The van der Waals surface area contributed by atoms with Gasteiger partial charge in [-0.25, -0.2) is 0 Å². The van der Waals surface area contributed by atoms with Crippen LogP contribution in [0.3, 0.4) is 0 Å². The number of aliphatic hydroxyl groups is 1. The maximum Gasteiger partial charge on any atom is 0.0855 e. The summed E-state index contributed by atoms with van der Waals surface area (Å²) in [7, 11) is 0. The van der Waals surface area contributed by atoms with Gasteiger partial charge >= 0.3 is 0 Å². The first-order valence-corrected chi connectivity index (χ1v) is 7.60. The van der Waals surface area contributed by atoms with Crippen LogP contribution in [0.1, 0.15) is 36.1 Å². The Labute approximate surface area is 126 Å². The van der Waals surface area contributed by atoms with Gasteiger partial charge in [-0.15, -0.1) is 0 Å². The summed E-state index contributed by atoms with van der Waals surface area (Å²) in [5, 5.41) is 10.8. The zero-order chi connectivity index (χ0) is 14.7. The molecule has 0 spiro atoms. The van der Waals surface area contributed by atoms with E-state index in [9.17, 15) is 5.11 Å². The van der Waals surface area contributed by atoms with Gasteiger partial charge < -0.3 is 9.84 Å². The molecule has 2 unspecified atom stereocenters. The lowest BCUT2D eigenvalue weighted by Crippen LogP contribution is -2.32. The normalized spacial score (nSPS) is 20.6. The topological polar surface area (TPSA) is 29.5 Å². The summed E-state index contributed by atoms with van der Waals surface area (Å²) in [4.78, 5) is 0. The van der Waals surface area contributed by atoms with Crippen molar-refractivity contribution in [2.45, 2.75) is 37.9 Å². The minimum atomic E-state index is -0.767. The van der Waals surface area contributed by atoms with Gasteiger partial charge in [0, 0.05) is 12.8 Å². The Morgan fingerprint density at radius 2 is 1.81 bits per heavy atom. The predicted molar refractivity (Wildman–Crippen MR) is 84.2 cm³/mol. The first-order valence-electron chi connectivity index (χ1n) is 7.60. The van der Waals surface area contributed by atoms with E-state index in [2.05, 4.69) is 30.3 Å². The molecule has 2 aromatic carbocycles. The third-order valence-corrected chi connectivity index (χ3v) is 4.15. The first-order chi connectivity index (χ1) is 10.1. The number of rotatable bonds is 4. The minimum Gasteiger partial charge on any atom is -0.390 e. The van der Waals surface area contributed by atoms with E-state index >= 15 is 0 Å². The molecule has 2 atom stereocenters. The van der Waals surface area contributed by atoms with E-state index in [1.165, 1.54) is 11.1 Å². The molecule has 110 valence electrons. The van der Waals surface area contributed by atoms with Crippen molar-refractivity contribution in [2.75, 3.05) is 6.61 Å². The molecule has 0 aromatic heterocycles. The largest absolute Gasteiger partial charge is 0.390 e. The highest BCUT2D eigenvalue weighted by Crippen LogP contribution is 2.34. The fourth-order valence-electron chi connectivity index (χ4n) is 3.15. The summed E-state index contributed by atoms with van der Waals surface area (Å²) in [5.74, 6) is 0. The van der Waals surface area contributed by atoms with Crippen LogP contribution < -0.4 is 0 Å². The van der Waals surface area contributed by atoms with Gasteiger partial charge in [-0.1, -0.05) is 54.6 Å². The molecule has 0 amide bonds. The summed E-state index contributed by atoms with van der Waals surface area (Å²) in [6, 6.07) is 18.5. The molecule has 0 bridgehead atoms. The fourth-order valence-corrected chi connectivity index (χ4v) is 3.15. The predicted octanol–water partition coefficient (Wildman–Crippen LogP) is 3.68. The Hall–Kier alpha value is -1.64. The molecule has 0 fully saturated rings. The number of fused-ring (bicyclic) bond motifs is 1. The Bertz CT molecular complexity index is 590. The minimum absolute atomic E-state index is 0.00587. The summed E-state index contributed by atoms with van der Waals surface area (Å²) >= 11 is 0. The van der Waals surface area contributed by atoms with E-state index in [1.807, 2.05) is 31.2 Å². The zero-order valence-corrected chi connectivity index (χ0v) is 12.5. The Kier molecular flexibility index (Phi) is 4.09. The van der Waals surface area contributed by atoms with Crippen LogP contribution in [0.25, 0.3) is 0 Å². The standard InChI is InChI=1S/C19H22O2/c1-19(20,13-15-7-3-2-4-8-15)14-18-17-10-6-5-9-16(17)11-12-21-18/h2-10,18,20H,11-14H2,1H3. The monoisotopic (exact) mass is 282 g/mol. The van der Waals surface area contributed by atoms with E-state index < -0.39 is 5.60 Å². The van der Waals surface area contributed by atoms with Crippen LogP contribution in [-0.4, -0.2) is 17.3 Å². The van der Waals surface area contributed by atoms with Crippen LogP contribution in [0.5, 0.6) is 0 Å². The van der Waals surface area contributed by atoms with Crippen LogP contribution in [0, 0.1) is 0 Å². The quantitative estimate of drug-likeness (QED) is 0.927. The molecule has 0 radical (unpaired) electrons. The van der Waals surface area contributed by atoms with Gasteiger partial charge in [0.15, 0.2) is 0 Å². The molecule has 2 heteroatoms. The molecule has 2 aromatic rings. The average Bonchev–Trinajstić information content (AvgIpc) is 2.48. The lowest BCUT2D eigenvalue weighted by Gasteiger charge is -2.32. The number of hydrogen-bond acceptors (Lipinski definition) is 2. The lowest BCUT2D eigenvalue weighted by atomic mass is 9.86. The van der Waals surface area contributed by atoms with Gasteiger partial charge in [0.25, 0.3) is 0 Å². The molecular formula is C19H22O2. The summed E-state index contributed by atoms with van der Waals surface area (Å²) in [5.41, 5.74) is 2.98. The first kappa shape index (κ1) is 14.3. The summed E-state index contributed by atoms with van der Waals surface area (Å²) in [6.45, 7) is 2.64. The van der Waals surface area contributed by atoms with E-state index in [0.29, 0.717) is 12.8 Å². The Balaban J connectivity index is 1.74. The SMILES string of the molecule is CC(O)(Cc1ccccc1)CC1OCCc2ccccc21. The molecule has 0 saturated carbocycles. The summed E-state index contributed by atoms with van der Waals surface area (Å²) in [6.07, 6.45) is 2.23. The highest BCUT2D eigenvalue weighted by molar-refractivity contribution is 5.31. The molecule has 0 saturated heterocycles. The smallest absolute Gasteiger partial charge is 0.0855 e. The van der Waals surface area contributed by atoms with E-state index in [4.69, 9.17) is 4.74 Å². The van der Waals surface area contributed by atoms with Crippen LogP contribution in [0.2, 0.25) is 0 Å². The number of hydrogen-bond donors (Lipinski definition) is 1. The number of ether oxygens (including phenoxy) is 1. The summed E-state index contributed by atoms with van der Waals surface area (Å²) < 4.78 is 5.92. The fraction of sp³-hybridized carbons (Fsp3) is 0.368. The molecule has 1 aliphatic heterocycles. The van der Waals surface area contributed by atoms with Gasteiger partial charge in [-0.2, -0.15) is 0 Å². The van der Waals surface area contributed by atoms with E-state index in [1.54, 1.807) is 0 Å². The molecular weight excluding hydrogens is 260 g/mol. The molecule has 1 N–H and O–H groups in total. The van der Waals surface area contributed by atoms with Gasteiger partial charge in [0.05, 0.1) is 18.3 Å². The van der Waals surface area contributed by atoms with Crippen molar-refractivity contribution in [3.8, 4) is 0 Å². The van der Waals surface area contributed by atoms with Crippen molar-refractivity contribution in [1.82, 2.24) is 0 Å². The second kappa shape index (κ2) is 6.00. The van der Waals surface area contributed by atoms with Crippen molar-refractivity contribution < 1.29 is 9.84 Å². The molecule has 2 nitrogen and oxygen atoms in total. The van der Waals surface area contributed by atoms with Gasteiger partial charge in [-0.05, 0) is 30.0 Å². The second-order valence-electron chi connectivity index (χ2n) is 6.17. The van der Waals surface area contributed by atoms with Gasteiger partial charge in [-0.3, -0.25) is 0 Å². The Morgan fingerprint density at radius 3 is 2.62 bits per heavy atom. The number of benzene rings is 2. The second-order valence-corrected chi connectivity index (χ2v) is 6.17. The van der Waals surface area contributed by atoms with Crippen molar-refractivity contribution >= 4 is 0 Å². The van der Waals surface area contributed by atoms with Gasteiger partial charge in [0.1, 0.15) is 0 Å². The third kappa shape index (κ3) is 3.52. The highest BCUT2D eigenvalue weighted by atomic mass is 16.5. The van der Waals surface area contributed by atoms with Crippen molar-refractivity contribution in [1.29, 1.82) is 0 Å². The highest BCUT2D eigenvalue weighted by Gasteiger charge is 2.30. The van der Waals surface area contributed by atoms with Crippen molar-refractivity contribution in [3.63, 3.8) is 0 Å². The van der Waals surface area contributed by atoms with Crippen LogP contribution >= 0.6 is 0 Å². The zero-order valence-electron chi connectivity index (χ0n) is 12.5. The van der Waals surface area contributed by atoms with Crippen LogP contribution in [0.15, 0.2) is 54.6 Å². The van der Waals surface area contributed by atoms with Crippen molar-refractivity contribution in [3.05, 3.63) is 71.3 Å². The molecule has 1 aliphatic rings. The maximum atomic E-state index is 10.8. The molecule has 3 rings (SSSR count). The molecule has 0 aliphatic carbocycles. The Morgan fingerprint density at radius 1 is 1.10 bits per heavy atom. The van der Waals surface area contributed by atoms with Crippen LogP contribution in [0.4, 0.5) is 0 Å².